The lowest BCUT2D eigenvalue weighted by Crippen LogP contribution is -2.03. The van der Waals surface area contributed by atoms with Crippen molar-refractivity contribution >= 4 is 17.2 Å². The predicted molar refractivity (Wildman–Crippen MR) is 52.3 cm³/mol. The molecule has 6 heteroatoms. The van der Waals surface area contributed by atoms with E-state index < -0.39 is 6.16 Å². The maximum atomic E-state index is 11.0. The molecule has 0 saturated heterocycles. The molecular formula is C9H8N2O4. The van der Waals surface area contributed by atoms with E-state index in [0.29, 0.717) is 11.0 Å². The lowest BCUT2D eigenvalue weighted by Gasteiger charge is -2.01. The van der Waals surface area contributed by atoms with Crippen molar-refractivity contribution in [2.75, 3.05) is 0 Å². The summed E-state index contributed by atoms with van der Waals surface area (Å²) in [5.41, 5.74) is 1.58. The van der Waals surface area contributed by atoms with E-state index in [0.717, 1.165) is 5.56 Å². The zero-order valence-electron chi connectivity index (χ0n) is 7.83. The molecule has 1 heterocycles. The number of ether oxygens (including phenoxy) is 1. The van der Waals surface area contributed by atoms with E-state index in [2.05, 4.69) is 14.7 Å². The highest BCUT2D eigenvalue weighted by atomic mass is 16.7. The van der Waals surface area contributed by atoms with Gasteiger partial charge in [-0.3, -0.25) is 0 Å². The van der Waals surface area contributed by atoms with Gasteiger partial charge in [-0.25, -0.2) is 9.59 Å². The van der Waals surface area contributed by atoms with Crippen LogP contribution in [0.5, 0.6) is 5.75 Å². The van der Waals surface area contributed by atoms with Crippen LogP contribution >= 0.6 is 0 Å². The van der Waals surface area contributed by atoms with Gasteiger partial charge in [0.1, 0.15) is 5.75 Å². The van der Waals surface area contributed by atoms with Gasteiger partial charge in [0.05, 0.1) is 11.0 Å². The third-order valence-corrected chi connectivity index (χ3v) is 2.00. The van der Waals surface area contributed by atoms with Gasteiger partial charge in [0.2, 0.25) is 0 Å². The average molecular weight is 208 g/mol. The Morgan fingerprint density at radius 3 is 2.80 bits per heavy atom. The van der Waals surface area contributed by atoms with Crippen LogP contribution < -0.4 is 10.4 Å². The van der Waals surface area contributed by atoms with Gasteiger partial charge in [-0.05, 0) is 18.6 Å². The number of imidazole rings is 1. The first-order valence-electron chi connectivity index (χ1n) is 4.19. The fraction of sp³-hybridized carbons (Fsp3) is 0.111. The number of carbonyl (C=O) groups is 1. The van der Waals surface area contributed by atoms with E-state index in [1.807, 2.05) is 0 Å². The summed E-state index contributed by atoms with van der Waals surface area (Å²) in [7, 11) is 0. The molecule has 0 atom stereocenters. The minimum atomic E-state index is -1.38. The SMILES string of the molecule is Cc1cc(OC(=O)O)cc2[nH]c(=O)[nH]c12. The van der Waals surface area contributed by atoms with Gasteiger partial charge >= 0.3 is 11.8 Å². The topological polar surface area (TPSA) is 95.2 Å². The molecule has 15 heavy (non-hydrogen) atoms. The van der Waals surface area contributed by atoms with Gasteiger partial charge in [0.25, 0.3) is 0 Å². The summed E-state index contributed by atoms with van der Waals surface area (Å²) in [6.45, 7) is 1.75. The van der Waals surface area contributed by atoms with E-state index in [4.69, 9.17) is 5.11 Å². The number of rotatable bonds is 1. The van der Waals surface area contributed by atoms with Crippen LogP contribution in [0.25, 0.3) is 11.0 Å². The number of aryl methyl sites for hydroxylation is 1. The average Bonchev–Trinajstić information content (AvgIpc) is 2.44. The Morgan fingerprint density at radius 1 is 1.40 bits per heavy atom. The van der Waals surface area contributed by atoms with Crippen molar-refractivity contribution in [3.05, 3.63) is 28.2 Å². The first-order valence-corrected chi connectivity index (χ1v) is 4.19. The number of benzene rings is 1. The summed E-state index contributed by atoms with van der Waals surface area (Å²) in [5, 5.41) is 8.43. The largest absolute Gasteiger partial charge is 0.511 e. The Labute approximate surface area is 83.5 Å². The van der Waals surface area contributed by atoms with Gasteiger partial charge in [0, 0.05) is 6.07 Å². The molecular weight excluding hydrogens is 200 g/mol. The van der Waals surface area contributed by atoms with E-state index in [9.17, 15) is 9.59 Å². The summed E-state index contributed by atoms with van der Waals surface area (Å²) in [5.74, 6) is 0.183. The number of aromatic amines is 2. The zero-order valence-corrected chi connectivity index (χ0v) is 7.83. The summed E-state index contributed by atoms with van der Waals surface area (Å²) < 4.78 is 4.49. The number of hydrogen-bond acceptors (Lipinski definition) is 3. The molecule has 1 aromatic carbocycles. The second-order valence-electron chi connectivity index (χ2n) is 3.11. The van der Waals surface area contributed by atoms with Crippen molar-refractivity contribution in [2.24, 2.45) is 0 Å². The molecule has 0 spiro atoms. The normalized spacial score (nSPS) is 10.5. The fourth-order valence-corrected chi connectivity index (χ4v) is 1.45. The highest BCUT2D eigenvalue weighted by Gasteiger charge is 2.07. The van der Waals surface area contributed by atoms with Gasteiger partial charge in [-0.2, -0.15) is 0 Å². The Kier molecular flexibility index (Phi) is 1.96. The van der Waals surface area contributed by atoms with Crippen molar-refractivity contribution in [1.29, 1.82) is 0 Å². The number of carboxylic acid groups (broad SMARTS) is 1. The van der Waals surface area contributed by atoms with Gasteiger partial charge < -0.3 is 19.8 Å². The highest BCUT2D eigenvalue weighted by Crippen LogP contribution is 2.21. The predicted octanol–water partition coefficient (Wildman–Crippen LogP) is 1.22. The molecule has 0 aliphatic carbocycles. The molecule has 0 unspecified atom stereocenters. The second-order valence-corrected chi connectivity index (χ2v) is 3.11. The monoisotopic (exact) mass is 208 g/mol. The van der Waals surface area contributed by atoms with Crippen LogP contribution in [0.4, 0.5) is 4.79 Å². The van der Waals surface area contributed by atoms with Gasteiger partial charge in [-0.15, -0.1) is 0 Å². The summed E-state index contributed by atoms with van der Waals surface area (Å²) in [6, 6.07) is 2.99. The quantitative estimate of drug-likeness (QED) is 0.485. The number of fused-ring (bicyclic) bond motifs is 1. The molecule has 0 saturated carbocycles. The van der Waals surface area contributed by atoms with Crippen molar-refractivity contribution in [1.82, 2.24) is 9.97 Å². The molecule has 0 bridgehead atoms. The molecule has 3 N–H and O–H groups in total. The van der Waals surface area contributed by atoms with Crippen LogP contribution in [-0.2, 0) is 0 Å². The third-order valence-electron chi connectivity index (χ3n) is 2.00. The summed E-state index contributed by atoms with van der Waals surface area (Å²) in [4.78, 5) is 26.4. The first-order chi connectivity index (χ1) is 7.06. The third kappa shape index (κ3) is 1.69. The Balaban J connectivity index is 2.61. The highest BCUT2D eigenvalue weighted by molar-refractivity contribution is 5.80. The number of nitrogens with one attached hydrogen (secondary N) is 2. The molecule has 0 aliphatic rings. The molecule has 0 aliphatic heterocycles. The maximum absolute atomic E-state index is 11.0. The van der Waals surface area contributed by atoms with E-state index >= 15 is 0 Å². The molecule has 0 radical (unpaired) electrons. The molecule has 0 amide bonds. The van der Waals surface area contributed by atoms with Crippen molar-refractivity contribution < 1.29 is 14.6 Å². The van der Waals surface area contributed by atoms with E-state index in [1.54, 1.807) is 13.0 Å². The van der Waals surface area contributed by atoms with Crippen LogP contribution in [0.15, 0.2) is 16.9 Å². The molecule has 2 rings (SSSR count). The van der Waals surface area contributed by atoms with Crippen molar-refractivity contribution in [2.45, 2.75) is 6.92 Å². The molecule has 1 aromatic heterocycles. The fourth-order valence-electron chi connectivity index (χ4n) is 1.45. The smallest absolute Gasteiger partial charge is 0.449 e. The summed E-state index contributed by atoms with van der Waals surface area (Å²) >= 11 is 0. The Morgan fingerprint density at radius 2 is 2.13 bits per heavy atom. The zero-order chi connectivity index (χ0) is 11.0. The molecule has 78 valence electrons. The number of aromatic nitrogens is 2. The summed E-state index contributed by atoms with van der Waals surface area (Å²) in [6.07, 6.45) is -1.38. The standard InChI is InChI=1S/C9H8N2O4/c1-4-2-5(15-9(13)14)3-6-7(4)11-8(12)10-6/h2-3H,1H3,(H,13,14)(H2,10,11,12). The van der Waals surface area contributed by atoms with Crippen LogP contribution in [0.3, 0.4) is 0 Å². The van der Waals surface area contributed by atoms with Gasteiger partial charge in [-0.1, -0.05) is 0 Å². The van der Waals surface area contributed by atoms with Crippen LogP contribution in [0, 0.1) is 6.92 Å². The lowest BCUT2D eigenvalue weighted by atomic mass is 10.2. The van der Waals surface area contributed by atoms with Crippen molar-refractivity contribution in [3.63, 3.8) is 0 Å². The minimum absolute atomic E-state index is 0.183. The van der Waals surface area contributed by atoms with Gasteiger partial charge in [0.15, 0.2) is 0 Å². The Hall–Kier alpha value is -2.24. The minimum Gasteiger partial charge on any atom is -0.449 e. The van der Waals surface area contributed by atoms with E-state index in [1.165, 1.54) is 6.07 Å². The first kappa shape index (κ1) is 9.32. The molecule has 2 aromatic rings. The second kappa shape index (κ2) is 3.16. The van der Waals surface area contributed by atoms with Crippen molar-refractivity contribution in [3.8, 4) is 5.75 Å². The van der Waals surface area contributed by atoms with E-state index in [-0.39, 0.29) is 11.4 Å². The van der Waals surface area contributed by atoms with Crippen LogP contribution in [0.2, 0.25) is 0 Å². The van der Waals surface area contributed by atoms with Crippen LogP contribution in [-0.4, -0.2) is 21.2 Å². The Bertz CT molecular complexity index is 581. The molecule has 6 nitrogen and oxygen atoms in total. The molecule has 0 fully saturated rings. The maximum Gasteiger partial charge on any atom is 0.511 e. The van der Waals surface area contributed by atoms with Crippen LogP contribution in [0.1, 0.15) is 5.56 Å². The number of H-pyrrole nitrogens is 2. The lowest BCUT2D eigenvalue weighted by molar-refractivity contribution is 0.144. The number of hydrogen-bond donors (Lipinski definition) is 3.